The van der Waals surface area contributed by atoms with E-state index in [1.165, 1.54) is 4.57 Å². The Balaban J connectivity index is 2.33. The minimum absolute atomic E-state index is 0.134. The zero-order valence-corrected chi connectivity index (χ0v) is 11.4. The highest BCUT2D eigenvalue weighted by molar-refractivity contribution is 5.60. The van der Waals surface area contributed by atoms with Crippen LogP contribution in [0.1, 0.15) is 18.2 Å². The van der Waals surface area contributed by atoms with Gasteiger partial charge in [0.2, 0.25) is 0 Å². The number of aromatic amines is 1. The Hall–Kier alpha value is -2.57. The van der Waals surface area contributed by atoms with Crippen molar-refractivity contribution in [2.24, 2.45) is 0 Å². The van der Waals surface area contributed by atoms with Gasteiger partial charge in [-0.25, -0.2) is 4.79 Å². The Morgan fingerprint density at radius 2 is 2.20 bits per heavy atom. The highest BCUT2D eigenvalue weighted by Gasteiger charge is 2.11. The number of nitrogens with zero attached hydrogens (tertiary/aromatic N) is 2. The predicted octanol–water partition coefficient (Wildman–Crippen LogP) is 0.454. The lowest BCUT2D eigenvalue weighted by Gasteiger charge is -2.12. The van der Waals surface area contributed by atoms with Gasteiger partial charge in [0.15, 0.2) is 0 Å². The van der Waals surface area contributed by atoms with Crippen LogP contribution in [0.15, 0.2) is 27.9 Å². The van der Waals surface area contributed by atoms with E-state index in [0.717, 1.165) is 11.3 Å². The molecular weight excluding hydrogens is 258 g/mol. The number of nitrogens with one attached hydrogen (secondary N) is 2. The lowest BCUT2D eigenvalue weighted by molar-refractivity contribution is 0.706. The van der Waals surface area contributed by atoms with Crippen LogP contribution in [0.5, 0.6) is 0 Å². The molecule has 0 aromatic carbocycles. The average Bonchev–Trinajstić information content (AvgIpc) is 2.40. The molecule has 0 amide bonds. The van der Waals surface area contributed by atoms with E-state index >= 15 is 0 Å². The first kappa shape index (κ1) is 13.9. The van der Waals surface area contributed by atoms with Crippen molar-refractivity contribution >= 4 is 11.5 Å². The van der Waals surface area contributed by atoms with Crippen LogP contribution in [0, 0.1) is 6.92 Å². The van der Waals surface area contributed by atoms with Gasteiger partial charge in [-0.3, -0.25) is 19.3 Å². The first-order valence-electron chi connectivity index (χ1n) is 6.31. The summed E-state index contributed by atoms with van der Waals surface area (Å²) in [6, 6.07) is 3.78. The molecule has 0 radical (unpaired) electrons. The van der Waals surface area contributed by atoms with Crippen molar-refractivity contribution < 1.29 is 0 Å². The Kier molecular flexibility index (Phi) is 3.88. The van der Waals surface area contributed by atoms with Gasteiger partial charge in [0.1, 0.15) is 11.5 Å². The van der Waals surface area contributed by atoms with E-state index in [1.54, 1.807) is 13.1 Å². The Morgan fingerprint density at radius 3 is 2.85 bits per heavy atom. The molecule has 20 heavy (non-hydrogen) atoms. The van der Waals surface area contributed by atoms with Gasteiger partial charge in [-0.15, -0.1) is 0 Å². The van der Waals surface area contributed by atoms with E-state index in [9.17, 15) is 9.59 Å². The number of hydrogen-bond acceptors (Lipinski definition) is 5. The molecule has 0 bridgehead atoms. The molecule has 7 nitrogen and oxygen atoms in total. The van der Waals surface area contributed by atoms with Crippen molar-refractivity contribution in [1.82, 2.24) is 14.5 Å². The predicted molar refractivity (Wildman–Crippen MR) is 77.7 cm³/mol. The molecule has 2 heterocycles. The van der Waals surface area contributed by atoms with Gasteiger partial charge >= 0.3 is 5.69 Å². The molecular formula is C13H17N5O2. The van der Waals surface area contributed by atoms with Gasteiger partial charge in [0.25, 0.3) is 5.56 Å². The van der Waals surface area contributed by atoms with Crippen LogP contribution in [-0.2, 0) is 13.1 Å². The quantitative estimate of drug-likeness (QED) is 0.751. The van der Waals surface area contributed by atoms with E-state index in [0.29, 0.717) is 13.1 Å². The lowest BCUT2D eigenvalue weighted by atomic mass is 10.2. The molecule has 4 N–H and O–H groups in total. The first-order valence-corrected chi connectivity index (χ1v) is 6.31. The summed E-state index contributed by atoms with van der Waals surface area (Å²) in [7, 11) is 0. The molecule has 7 heteroatoms. The number of H-pyrrole nitrogens is 1. The third kappa shape index (κ3) is 2.56. The molecule has 0 unspecified atom stereocenters. The van der Waals surface area contributed by atoms with Gasteiger partial charge in [-0.2, -0.15) is 0 Å². The third-order valence-electron chi connectivity index (χ3n) is 3.11. The topological polar surface area (TPSA) is 106 Å². The largest absolute Gasteiger partial charge is 0.383 e. The molecule has 0 aliphatic carbocycles. The second kappa shape index (κ2) is 5.60. The standard InChI is InChI=1S/C13H17N5O2/c1-3-18-11(14)10(12(19)17-13(18)20)16-7-9-8(2)5-4-6-15-9/h4-6,16H,3,7,14H2,1-2H3,(H,17,19,20). The van der Waals surface area contributed by atoms with Gasteiger partial charge in [0.05, 0.1) is 12.2 Å². The fraction of sp³-hybridized carbons (Fsp3) is 0.308. The number of anilines is 2. The number of aryl methyl sites for hydroxylation is 1. The van der Waals surface area contributed by atoms with Gasteiger partial charge in [0, 0.05) is 12.7 Å². The molecule has 0 saturated carbocycles. The van der Waals surface area contributed by atoms with Crippen LogP contribution >= 0.6 is 0 Å². The van der Waals surface area contributed by atoms with E-state index in [-0.39, 0.29) is 11.5 Å². The lowest BCUT2D eigenvalue weighted by Crippen LogP contribution is -2.33. The molecule has 0 aliphatic heterocycles. The van der Waals surface area contributed by atoms with E-state index in [2.05, 4.69) is 15.3 Å². The van der Waals surface area contributed by atoms with Crippen LogP contribution in [0.4, 0.5) is 11.5 Å². The number of aromatic nitrogens is 3. The van der Waals surface area contributed by atoms with Gasteiger partial charge in [-0.1, -0.05) is 6.07 Å². The molecule has 106 valence electrons. The molecule has 0 saturated heterocycles. The summed E-state index contributed by atoms with van der Waals surface area (Å²) in [5, 5.41) is 2.95. The van der Waals surface area contributed by atoms with Crippen LogP contribution in [0.25, 0.3) is 0 Å². The normalized spacial score (nSPS) is 10.5. The van der Waals surface area contributed by atoms with Crippen molar-refractivity contribution in [3.63, 3.8) is 0 Å². The zero-order chi connectivity index (χ0) is 14.7. The highest BCUT2D eigenvalue weighted by atomic mass is 16.2. The van der Waals surface area contributed by atoms with Crippen molar-refractivity contribution in [3.8, 4) is 0 Å². The highest BCUT2D eigenvalue weighted by Crippen LogP contribution is 2.12. The SMILES string of the molecule is CCn1c(N)c(NCc2ncccc2C)c(=O)[nH]c1=O. The van der Waals surface area contributed by atoms with Crippen molar-refractivity contribution in [2.75, 3.05) is 11.1 Å². The molecule has 0 spiro atoms. The van der Waals surface area contributed by atoms with Crippen LogP contribution in [0.2, 0.25) is 0 Å². The third-order valence-corrected chi connectivity index (χ3v) is 3.11. The maximum absolute atomic E-state index is 11.8. The van der Waals surface area contributed by atoms with Crippen molar-refractivity contribution in [3.05, 3.63) is 50.4 Å². The van der Waals surface area contributed by atoms with Crippen LogP contribution < -0.4 is 22.3 Å². The maximum Gasteiger partial charge on any atom is 0.330 e. The number of pyridine rings is 1. The Labute approximate surface area is 115 Å². The molecule has 0 atom stereocenters. The van der Waals surface area contributed by atoms with Crippen LogP contribution in [0.3, 0.4) is 0 Å². The van der Waals surface area contributed by atoms with E-state index in [4.69, 9.17) is 5.73 Å². The maximum atomic E-state index is 11.8. The smallest absolute Gasteiger partial charge is 0.330 e. The summed E-state index contributed by atoms with van der Waals surface area (Å²) >= 11 is 0. The Bertz CT molecular complexity index is 732. The minimum Gasteiger partial charge on any atom is -0.383 e. The van der Waals surface area contributed by atoms with Gasteiger partial charge in [-0.05, 0) is 25.5 Å². The number of nitrogens with two attached hydrogens (primary N) is 1. The summed E-state index contributed by atoms with van der Waals surface area (Å²) in [6.45, 7) is 4.47. The second-order valence-corrected chi connectivity index (χ2v) is 4.38. The van der Waals surface area contributed by atoms with Crippen LogP contribution in [-0.4, -0.2) is 14.5 Å². The second-order valence-electron chi connectivity index (χ2n) is 4.38. The van der Waals surface area contributed by atoms with E-state index < -0.39 is 11.2 Å². The fourth-order valence-electron chi connectivity index (χ4n) is 1.95. The molecule has 0 aliphatic rings. The van der Waals surface area contributed by atoms with Crippen molar-refractivity contribution in [2.45, 2.75) is 26.9 Å². The Morgan fingerprint density at radius 1 is 1.45 bits per heavy atom. The fourth-order valence-corrected chi connectivity index (χ4v) is 1.95. The zero-order valence-electron chi connectivity index (χ0n) is 11.4. The van der Waals surface area contributed by atoms with E-state index in [1.807, 2.05) is 19.1 Å². The average molecular weight is 275 g/mol. The van der Waals surface area contributed by atoms with Gasteiger partial charge < -0.3 is 11.1 Å². The molecule has 0 fully saturated rings. The molecule has 2 aromatic rings. The number of rotatable bonds is 4. The summed E-state index contributed by atoms with van der Waals surface area (Å²) < 4.78 is 1.30. The number of nitrogen functional groups attached to an aromatic ring is 1. The number of hydrogen-bond donors (Lipinski definition) is 3. The summed E-state index contributed by atoms with van der Waals surface area (Å²) in [4.78, 5) is 29.8. The van der Waals surface area contributed by atoms with Crippen molar-refractivity contribution in [1.29, 1.82) is 0 Å². The molecule has 2 rings (SSSR count). The molecule has 2 aromatic heterocycles. The summed E-state index contributed by atoms with van der Waals surface area (Å²) in [5.41, 5.74) is 6.85. The minimum atomic E-state index is -0.522. The summed E-state index contributed by atoms with van der Waals surface area (Å²) in [5.74, 6) is 0.134. The summed E-state index contributed by atoms with van der Waals surface area (Å²) in [6.07, 6.45) is 1.69. The first-order chi connectivity index (χ1) is 9.54. The monoisotopic (exact) mass is 275 g/mol.